The third-order valence-electron chi connectivity index (χ3n) is 3.32. The molecule has 0 unspecified atom stereocenters. The maximum absolute atomic E-state index is 12.2. The van der Waals surface area contributed by atoms with Crippen molar-refractivity contribution in [3.63, 3.8) is 0 Å². The number of hydrogen-bond donors (Lipinski definition) is 1. The van der Waals surface area contributed by atoms with Crippen LogP contribution in [0.4, 0.5) is 0 Å². The van der Waals surface area contributed by atoms with Crippen molar-refractivity contribution in [2.75, 3.05) is 14.2 Å². The van der Waals surface area contributed by atoms with E-state index >= 15 is 0 Å². The Morgan fingerprint density at radius 3 is 2.52 bits per heavy atom. The number of hydrogen-bond acceptors (Lipinski definition) is 4. The second-order valence-electron chi connectivity index (χ2n) is 4.71. The van der Waals surface area contributed by atoms with Gasteiger partial charge in [0.1, 0.15) is 11.5 Å². The number of ether oxygens (including phenoxy) is 2. The minimum Gasteiger partial charge on any atom is -0.497 e. The highest BCUT2D eigenvalue weighted by Gasteiger charge is 2.12. The molecule has 112 valence electrons. The number of benzene rings is 1. The fraction of sp³-hybridized carbons (Fsp3) is 0.312. The minimum atomic E-state index is -0.0685. The Balaban J connectivity index is 2.10. The molecule has 4 nitrogen and oxygen atoms in total. The second kappa shape index (κ2) is 6.63. The molecule has 0 aliphatic heterocycles. The smallest absolute Gasteiger partial charge is 0.261 e. The Bertz CT molecular complexity index is 629. The molecule has 0 radical (unpaired) electrons. The van der Waals surface area contributed by atoms with E-state index in [2.05, 4.69) is 5.32 Å². The van der Waals surface area contributed by atoms with Crippen LogP contribution in [-0.2, 0) is 6.54 Å². The molecule has 1 aromatic heterocycles. The summed E-state index contributed by atoms with van der Waals surface area (Å²) in [7, 11) is 3.22. The molecular weight excluding hydrogens is 286 g/mol. The van der Waals surface area contributed by atoms with E-state index in [0.717, 1.165) is 27.5 Å². The first kappa shape index (κ1) is 15.4. The lowest BCUT2D eigenvalue weighted by Crippen LogP contribution is -2.22. The quantitative estimate of drug-likeness (QED) is 0.922. The zero-order valence-electron chi connectivity index (χ0n) is 12.6. The van der Waals surface area contributed by atoms with Gasteiger partial charge in [-0.05, 0) is 43.7 Å². The Morgan fingerprint density at radius 2 is 1.95 bits per heavy atom. The van der Waals surface area contributed by atoms with E-state index in [9.17, 15) is 4.79 Å². The molecule has 0 fully saturated rings. The van der Waals surface area contributed by atoms with Gasteiger partial charge in [0, 0.05) is 17.0 Å². The second-order valence-corrected chi connectivity index (χ2v) is 5.97. The third-order valence-corrected chi connectivity index (χ3v) is 4.47. The zero-order valence-corrected chi connectivity index (χ0v) is 13.5. The van der Waals surface area contributed by atoms with E-state index in [1.807, 2.05) is 38.1 Å². The molecule has 1 aromatic carbocycles. The number of aryl methyl sites for hydroxylation is 2. The number of nitrogens with one attached hydrogen (secondary N) is 1. The number of carbonyl (C=O) groups is 1. The Kier molecular flexibility index (Phi) is 4.85. The molecule has 0 spiro atoms. The maximum Gasteiger partial charge on any atom is 0.261 e. The highest BCUT2D eigenvalue weighted by Crippen LogP contribution is 2.24. The van der Waals surface area contributed by atoms with Crippen LogP contribution in [-0.4, -0.2) is 20.1 Å². The molecule has 0 atom stereocenters. The normalized spacial score (nSPS) is 10.3. The van der Waals surface area contributed by atoms with Crippen molar-refractivity contribution in [3.05, 3.63) is 45.1 Å². The summed E-state index contributed by atoms with van der Waals surface area (Å²) in [5, 5.41) is 2.92. The van der Waals surface area contributed by atoms with E-state index in [4.69, 9.17) is 9.47 Å². The average Bonchev–Trinajstić information content (AvgIpc) is 2.84. The van der Waals surface area contributed by atoms with Crippen molar-refractivity contribution in [3.8, 4) is 11.5 Å². The summed E-state index contributed by atoms with van der Waals surface area (Å²) in [5.74, 6) is 1.40. The van der Waals surface area contributed by atoms with Gasteiger partial charge in [0.15, 0.2) is 0 Å². The topological polar surface area (TPSA) is 47.6 Å². The van der Waals surface area contributed by atoms with E-state index in [1.54, 1.807) is 14.2 Å². The number of amides is 1. The van der Waals surface area contributed by atoms with Crippen LogP contribution in [0.25, 0.3) is 0 Å². The first-order valence-electron chi connectivity index (χ1n) is 6.61. The zero-order chi connectivity index (χ0) is 15.4. The number of carbonyl (C=O) groups excluding carboxylic acids is 1. The summed E-state index contributed by atoms with van der Waals surface area (Å²) in [6.07, 6.45) is 0. The van der Waals surface area contributed by atoms with Gasteiger partial charge in [0.2, 0.25) is 0 Å². The number of thiophene rings is 1. The van der Waals surface area contributed by atoms with Crippen LogP contribution in [0.5, 0.6) is 11.5 Å². The highest BCUT2D eigenvalue weighted by molar-refractivity contribution is 7.14. The lowest BCUT2D eigenvalue weighted by Gasteiger charge is -2.11. The van der Waals surface area contributed by atoms with Gasteiger partial charge in [0.25, 0.3) is 5.91 Å². The summed E-state index contributed by atoms with van der Waals surface area (Å²) in [4.78, 5) is 14.1. The molecule has 0 saturated carbocycles. The van der Waals surface area contributed by atoms with Crippen LogP contribution in [0.1, 0.15) is 25.7 Å². The molecule has 0 aliphatic rings. The highest BCUT2D eigenvalue weighted by atomic mass is 32.1. The van der Waals surface area contributed by atoms with Crippen molar-refractivity contribution in [1.29, 1.82) is 0 Å². The van der Waals surface area contributed by atoms with Crippen molar-refractivity contribution in [1.82, 2.24) is 5.32 Å². The van der Waals surface area contributed by atoms with Gasteiger partial charge in [-0.2, -0.15) is 0 Å². The van der Waals surface area contributed by atoms with Crippen molar-refractivity contribution in [2.45, 2.75) is 20.4 Å². The van der Waals surface area contributed by atoms with Gasteiger partial charge in [-0.15, -0.1) is 11.3 Å². The number of methoxy groups -OCH3 is 2. The van der Waals surface area contributed by atoms with E-state index in [1.165, 1.54) is 16.2 Å². The van der Waals surface area contributed by atoms with Gasteiger partial charge >= 0.3 is 0 Å². The fourth-order valence-corrected chi connectivity index (χ4v) is 2.92. The molecule has 1 heterocycles. The molecule has 0 saturated heterocycles. The van der Waals surface area contributed by atoms with Gasteiger partial charge in [-0.3, -0.25) is 4.79 Å². The molecule has 2 aromatic rings. The van der Waals surface area contributed by atoms with Gasteiger partial charge in [0.05, 0.1) is 19.1 Å². The van der Waals surface area contributed by atoms with Gasteiger partial charge < -0.3 is 14.8 Å². The minimum absolute atomic E-state index is 0.0685. The van der Waals surface area contributed by atoms with Gasteiger partial charge in [-0.25, -0.2) is 0 Å². The first-order chi connectivity index (χ1) is 10.0. The predicted octanol–water partition coefficient (Wildman–Crippen LogP) is 3.31. The lowest BCUT2D eigenvalue weighted by atomic mass is 10.2. The molecule has 1 amide bonds. The maximum atomic E-state index is 12.2. The van der Waals surface area contributed by atoms with Crippen molar-refractivity contribution >= 4 is 17.2 Å². The molecule has 5 heteroatoms. The lowest BCUT2D eigenvalue weighted by molar-refractivity contribution is 0.0954. The predicted molar refractivity (Wildman–Crippen MR) is 84.5 cm³/mol. The molecule has 1 N–H and O–H groups in total. The van der Waals surface area contributed by atoms with Crippen LogP contribution < -0.4 is 14.8 Å². The van der Waals surface area contributed by atoms with Crippen LogP contribution in [0.3, 0.4) is 0 Å². The van der Waals surface area contributed by atoms with E-state index in [-0.39, 0.29) is 5.91 Å². The van der Waals surface area contributed by atoms with E-state index in [0.29, 0.717) is 6.54 Å². The van der Waals surface area contributed by atoms with Crippen molar-refractivity contribution in [2.24, 2.45) is 0 Å². The summed E-state index contributed by atoms with van der Waals surface area (Å²) in [5.41, 5.74) is 2.03. The Hall–Kier alpha value is -2.01. The van der Waals surface area contributed by atoms with Crippen LogP contribution in [0.15, 0.2) is 24.3 Å². The third kappa shape index (κ3) is 3.55. The summed E-state index contributed by atoms with van der Waals surface area (Å²) >= 11 is 1.51. The monoisotopic (exact) mass is 305 g/mol. The SMILES string of the molecule is COc1ccc(OC)c(CNC(=O)c2cc(C)c(C)s2)c1. The summed E-state index contributed by atoms with van der Waals surface area (Å²) < 4.78 is 10.5. The van der Waals surface area contributed by atoms with Crippen LogP contribution in [0, 0.1) is 13.8 Å². The van der Waals surface area contributed by atoms with Gasteiger partial charge in [-0.1, -0.05) is 0 Å². The van der Waals surface area contributed by atoms with E-state index < -0.39 is 0 Å². The molecule has 0 bridgehead atoms. The summed E-state index contributed by atoms with van der Waals surface area (Å²) in [6.45, 7) is 4.42. The molecule has 21 heavy (non-hydrogen) atoms. The first-order valence-corrected chi connectivity index (χ1v) is 7.43. The molecule has 0 aliphatic carbocycles. The standard InChI is InChI=1S/C16H19NO3S/c1-10-7-15(21-11(10)2)16(18)17-9-12-8-13(19-3)5-6-14(12)20-4/h5-8H,9H2,1-4H3,(H,17,18). The van der Waals surface area contributed by atoms with Crippen molar-refractivity contribution < 1.29 is 14.3 Å². The van der Waals surface area contributed by atoms with Crippen LogP contribution in [0.2, 0.25) is 0 Å². The molecule has 2 rings (SSSR count). The molecular formula is C16H19NO3S. The Labute approximate surface area is 128 Å². The van der Waals surface area contributed by atoms with Crippen LogP contribution >= 0.6 is 11.3 Å². The summed E-state index contributed by atoms with van der Waals surface area (Å²) in [6, 6.07) is 7.44. The fourth-order valence-electron chi connectivity index (χ4n) is 1.97. The largest absolute Gasteiger partial charge is 0.497 e. The average molecular weight is 305 g/mol. The Morgan fingerprint density at radius 1 is 1.19 bits per heavy atom. The number of rotatable bonds is 5.